The van der Waals surface area contributed by atoms with Crippen LogP contribution in [0.15, 0.2) is 4.90 Å². The average molecular weight is 279 g/mol. The number of sulfone groups is 1. The number of nitrogens with zero attached hydrogens (tertiary/aromatic N) is 2. The Labute approximate surface area is 105 Å². The molecule has 0 aliphatic rings. The number of rotatable bonds is 6. The molecular weight excluding hydrogens is 262 g/mol. The quantitative estimate of drug-likeness (QED) is 0.779. The third kappa shape index (κ3) is 3.30. The van der Waals surface area contributed by atoms with Gasteiger partial charge in [0.25, 0.3) is 0 Å². The zero-order chi connectivity index (χ0) is 13.1. The molecule has 0 atom stereocenters. The number of hydrogen-bond acceptors (Lipinski definition) is 7. The summed E-state index contributed by atoms with van der Waals surface area (Å²) >= 11 is 1.08. The van der Waals surface area contributed by atoms with Gasteiger partial charge in [-0.25, -0.2) is 8.42 Å². The van der Waals surface area contributed by atoms with Gasteiger partial charge in [0.05, 0.1) is 0 Å². The van der Waals surface area contributed by atoms with Crippen LogP contribution in [0.4, 0.5) is 10.8 Å². The summed E-state index contributed by atoms with van der Waals surface area (Å²) in [7, 11) is -3.38. The molecule has 0 amide bonds. The van der Waals surface area contributed by atoms with Crippen molar-refractivity contribution in [3.63, 3.8) is 0 Å². The van der Waals surface area contributed by atoms with Gasteiger partial charge in [0.2, 0.25) is 0 Å². The highest BCUT2D eigenvalue weighted by atomic mass is 32.2. The Morgan fingerprint density at radius 2 is 2.18 bits per heavy atom. The minimum absolute atomic E-state index is 0.0509. The third-order valence-corrected chi connectivity index (χ3v) is 4.48. The van der Waals surface area contributed by atoms with Gasteiger partial charge >= 0.3 is 0 Å². The minimum atomic E-state index is -3.38. The Hall–Kier alpha value is -0.860. The normalized spacial score (nSPS) is 11.7. The lowest BCUT2D eigenvalue weighted by Gasteiger charge is -2.21. The van der Waals surface area contributed by atoms with Crippen molar-refractivity contribution >= 4 is 32.2 Å². The van der Waals surface area contributed by atoms with Crippen molar-refractivity contribution in [3.8, 4) is 0 Å². The van der Waals surface area contributed by atoms with Gasteiger partial charge in [-0.1, -0.05) is 0 Å². The highest BCUT2D eigenvalue weighted by Gasteiger charge is 2.24. The highest BCUT2D eigenvalue weighted by molar-refractivity contribution is 7.91. The van der Waals surface area contributed by atoms with Crippen LogP contribution < -0.4 is 10.6 Å². The van der Waals surface area contributed by atoms with Crippen LogP contribution in [0.5, 0.6) is 0 Å². The monoisotopic (exact) mass is 279 g/mol. The zero-order valence-corrected chi connectivity index (χ0v) is 11.5. The zero-order valence-electron chi connectivity index (χ0n) is 9.88. The molecular formula is C9H17N3O3S2. The van der Waals surface area contributed by atoms with Crippen molar-refractivity contribution in [2.75, 3.05) is 36.6 Å². The lowest BCUT2D eigenvalue weighted by atomic mass is 10.4. The largest absolute Gasteiger partial charge is 0.396 e. The molecule has 0 fully saturated rings. The lowest BCUT2D eigenvalue weighted by Crippen LogP contribution is -2.25. The van der Waals surface area contributed by atoms with Crippen LogP contribution in [-0.4, -0.2) is 43.9 Å². The van der Waals surface area contributed by atoms with E-state index in [1.54, 1.807) is 0 Å². The van der Waals surface area contributed by atoms with Crippen molar-refractivity contribution in [2.24, 2.45) is 0 Å². The Bertz CT molecular complexity index is 470. The summed E-state index contributed by atoms with van der Waals surface area (Å²) in [6.45, 7) is 3.21. The van der Waals surface area contributed by atoms with Crippen molar-refractivity contribution in [1.29, 1.82) is 0 Å². The topological polar surface area (TPSA) is 96.5 Å². The number of aliphatic hydroxyl groups excluding tert-OH is 1. The molecule has 1 rings (SSSR count). The molecule has 8 heteroatoms. The first-order chi connectivity index (χ1) is 7.91. The molecule has 0 aromatic carbocycles. The maximum Gasteiger partial charge on any atom is 0.182 e. The third-order valence-electron chi connectivity index (χ3n) is 2.28. The van der Waals surface area contributed by atoms with Crippen LogP contribution in [-0.2, 0) is 9.84 Å². The summed E-state index contributed by atoms with van der Waals surface area (Å²) in [5.41, 5.74) is 5.59. The van der Waals surface area contributed by atoms with Crippen LogP contribution >= 0.6 is 11.5 Å². The molecule has 1 aromatic rings. The van der Waals surface area contributed by atoms with Crippen LogP contribution in [0.3, 0.4) is 0 Å². The fourth-order valence-electron chi connectivity index (χ4n) is 1.50. The second-order valence-electron chi connectivity index (χ2n) is 3.63. The van der Waals surface area contributed by atoms with Gasteiger partial charge in [-0.05, 0) is 24.9 Å². The Kier molecular flexibility index (Phi) is 4.72. The van der Waals surface area contributed by atoms with Crippen molar-refractivity contribution in [2.45, 2.75) is 18.2 Å². The SMILES string of the molecule is CCN(CCCO)c1snc(N)c1S(C)(=O)=O. The number of nitrogen functional groups attached to an aromatic ring is 1. The van der Waals surface area contributed by atoms with Crippen LogP contribution in [0.1, 0.15) is 13.3 Å². The summed E-state index contributed by atoms with van der Waals surface area (Å²) < 4.78 is 27.2. The molecule has 0 radical (unpaired) electrons. The molecule has 17 heavy (non-hydrogen) atoms. The molecule has 0 aliphatic heterocycles. The molecule has 0 saturated heterocycles. The fraction of sp³-hybridized carbons (Fsp3) is 0.667. The van der Waals surface area contributed by atoms with Gasteiger partial charge in [-0.15, -0.1) is 0 Å². The van der Waals surface area contributed by atoms with E-state index in [-0.39, 0.29) is 17.3 Å². The first-order valence-electron chi connectivity index (χ1n) is 5.22. The smallest absolute Gasteiger partial charge is 0.182 e. The highest BCUT2D eigenvalue weighted by Crippen LogP contribution is 2.34. The summed E-state index contributed by atoms with van der Waals surface area (Å²) in [5, 5.41) is 9.37. The van der Waals surface area contributed by atoms with Gasteiger partial charge in [-0.3, -0.25) is 0 Å². The van der Waals surface area contributed by atoms with Crippen molar-refractivity contribution in [3.05, 3.63) is 0 Å². The number of nitrogens with two attached hydrogens (primary N) is 1. The maximum absolute atomic E-state index is 11.6. The van der Waals surface area contributed by atoms with Gasteiger partial charge < -0.3 is 15.7 Å². The Morgan fingerprint density at radius 3 is 2.65 bits per heavy atom. The summed E-state index contributed by atoms with van der Waals surface area (Å²) in [4.78, 5) is 1.96. The van der Waals surface area contributed by atoms with E-state index in [9.17, 15) is 8.42 Å². The summed E-state index contributed by atoms with van der Waals surface area (Å²) in [6.07, 6.45) is 1.70. The Balaban J connectivity index is 3.12. The standard InChI is InChI=1S/C9H17N3O3S2/c1-3-12(5-4-6-13)9-7(17(2,14)15)8(10)11-16-9/h13H,3-6H2,1-2H3,(H2,10,11). The van der Waals surface area contributed by atoms with E-state index in [4.69, 9.17) is 10.8 Å². The molecule has 6 nitrogen and oxygen atoms in total. The number of aliphatic hydroxyl groups is 1. The summed E-state index contributed by atoms with van der Waals surface area (Å²) in [5.74, 6) is 0.0509. The van der Waals surface area contributed by atoms with Crippen LogP contribution in [0, 0.1) is 0 Å². The summed E-state index contributed by atoms with van der Waals surface area (Å²) in [6, 6.07) is 0. The fourth-order valence-corrected chi connectivity index (χ4v) is 3.79. The minimum Gasteiger partial charge on any atom is -0.396 e. The van der Waals surface area contributed by atoms with E-state index in [2.05, 4.69) is 4.37 Å². The van der Waals surface area contributed by atoms with E-state index >= 15 is 0 Å². The molecule has 0 bridgehead atoms. The lowest BCUT2D eigenvalue weighted by molar-refractivity contribution is 0.289. The second-order valence-corrected chi connectivity index (χ2v) is 6.34. The first-order valence-corrected chi connectivity index (χ1v) is 7.89. The van der Waals surface area contributed by atoms with E-state index in [0.717, 1.165) is 17.8 Å². The molecule has 1 aromatic heterocycles. The number of anilines is 2. The van der Waals surface area contributed by atoms with E-state index < -0.39 is 9.84 Å². The van der Waals surface area contributed by atoms with Gasteiger partial charge in [0, 0.05) is 26.0 Å². The van der Waals surface area contributed by atoms with E-state index in [0.29, 0.717) is 24.5 Å². The predicted molar refractivity (Wildman–Crippen MR) is 69.2 cm³/mol. The van der Waals surface area contributed by atoms with E-state index in [1.165, 1.54) is 0 Å². The van der Waals surface area contributed by atoms with E-state index in [1.807, 2.05) is 11.8 Å². The number of aromatic nitrogens is 1. The van der Waals surface area contributed by atoms with Gasteiger partial charge in [0.15, 0.2) is 15.7 Å². The molecule has 98 valence electrons. The van der Waals surface area contributed by atoms with Crippen LogP contribution in [0.25, 0.3) is 0 Å². The molecule has 0 saturated carbocycles. The van der Waals surface area contributed by atoms with Gasteiger partial charge in [-0.2, -0.15) is 4.37 Å². The van der Waals surface area contributed by atoms with Crippen molar-refractivity contribution in [1.82, 2.24) is 4.37 Å². The van der Waals surface area contributed by atoms with Crippen LogP contribution in [0.2, 0.25) is 0 Å². The van der Waals surface area contributed by atoms with Gasteiger partial charge in [0.1, 0.15) is 9.90 Å². The molecule has 0 spiro atoms. The molecule has 0 aliphatic carbocycles. The predicted octanol–water partition coefficient (Wildman–Crippen LogP) is 0.338. The average Bonchev–Trinajstić information content (AvgIpc) is 2.61. The second kappa shape index (κ2) is 5.65. The Morgan fingerprint density at radius 1 is 1.53 bits per heavy atom. The maximum atomic E-state index is 11.6. The number of hydrogen-bond donors (Lipinski definition) is 2. The molecule has 3 N–H and O–H groups in total. The molecule has 0 unspecified atom stereocenters. The first kappa shape index (κ1) is 14.2. The molecule has 1 heterocycles. The van der Waals surface area contributed by atoms with Crippen molar-refractivity contribution < 1.29 is 13.5 Å².